The van der Waals surface area contributed by atoms with Crippen LogP contribution in [0.2, 0.25) is 0 Å². The molecule has 0 saturated heterocycles. The normalized spacial score (nSPS) is 13.6. The van der Waals surface area contributed by atoms with E-state index in [-0.39, 0.29) is 18.0 Å². The summed E-state index contributed by atoms with van der Waals surface area (Å²) in [6, 6.07) is 7.82. The Bertz CT molecular complexity index is 1090. The van der Waals surface area contributed by atoms with Crippen LogP contribution in [0.25, 0.3) is 11.0 Å². The van der Waals surface area contributed by atoms with E-state index >= 15 is 0 Å². The Hall–Kier alpha value is -2.89. The molecule has 140 valence electrons. The van der Waals surface area contributed by atoms with Gasteiger partial charge in [-0.25, -0.2) is 4.98 Å². The van der Waals surface area contributed by atoms with Gasteiger partial charge in [-0.15, -0.1) is 0 Å². The van der Waals surface area contributed by atoms with Gasteiger partial charge in [0.2, 0.25) is 5.91 Å². The Balaban J connectivity index is 1.71. The zero-order chi connectivity index (χ0) is 19.1. The maximum absolute atomic E-state index is 13.0. The zero-order valence-corrected chi connectivity index (χ0v) is 16.0. The molecule has 3 heterocycles. The van der Waals surface area contributed by atoms with Crippen molar-refractivity contribution in [3.05, 3.63) is 57.3 Å². The second kappa shape index (κ2) is 6.68. The van der Waals surface area contributed by atoms with Crippen molar-refractivity contribution in [3.63, 3.8) is 0 Å². The largest absolute Gasteiger partial charge is 0.330 e. The smallest absolute Gasteiger partial charge is 0.278 e. The van der Waals surface area contributed by atoms with Gasteiger partial charge in [-0.3, -0.25) is 14.2 Å². The summed E-state index contributed by atoms with van der Waals surface area (Å²) in [6.45, 7) is 6.66. The number of aromatic nitrogens is 3. The second-order valence-electron chi connectivity index (χ2n) is 7.36. The topological polar surface area (TPSA) is 68.9 Å². The van der Waals surface area contributed by atoms with E-state index in [0.717, 1.165) is 47.6 Å². The molecule has 0 saturated carbocycles. The molecule has 1 amide bonds. The molecule has 6 nitrogen and oxygen atoms in total. The van der Waals surface area contributed by atoms with Crippen LogP contribution in [-0.2, 0) is 24.3 Å². The average Bonchev–Trinajstić information content (AvgIpc) is 2.94. The lowest BCUT2D eigenvalue weighted by Crippen LogP contribution is -2.30. The minimum Gasteiger partial charge on any atom is -0.330 e. The molecule has 0 atom stereocenters. The predicted octanol–water partition coefficient (Wildman–Crippen LogP) is 3.10. The fourth-order valence-corrected chi connectivity index (χ4v) is 3.93. The molecule has 1 aromatic carbocycles. The standard InChI is InChI=1S/C21H24N4O2/c1-13-7-6-8-14(2)19(13)23-18(26)12-25-15(3)11-16-20(25)21(27)24-10-5-4-9-17(24)22-16/h6-8,11H,4-5,9-10,12H2,1-3H3,(H,23,26). The number of rotatable bonds is 3. The summed E-state index contributed by atoms with van der Waals surface area (Å²) in [4.78, 5) is 30.4. The molecule has 2 aromatic heterocycles. The third-order valence-corrected chi connectivity index (χ3v) is 5.37. The van der Waals surface area contributed by atoms with E-state index in [2.05, 4.69) is 10.3 Å². The highest BCUT2D eigenvalue weighted by Crippen LogP contribution is 2.21. The highest BCUT2D eigenvalue weighted by molar-refractivity contribution is 5.93. The summed E-state index contributed by atoms with van der Waals surface area (Å²) in [5.74, 6) is 0.714. The van der Waals surface area contributed by atoms with Gasteiger partial charge in [-0.2, -0.15) is 0 Å². The Labute approximate surface area is 157 Å². The molecule has 0 bridgehead atoms. The van der Waals surface area contributed by atoms with Crippen LogP contribution in [0.3, 0.4) is 0 Å². The van der Waals surface area contributed by atoms with E-state index in [1.807, 2.05) is 45.0 Å². The number of hydrogen-bond donors (Lipinski definition) is 1. The molecular weight excluding hydrogens is 340 g/mol. The van der Waals surface area contributed by atoms with Gasteiger partial charge in [0.05, 0.1) is 5.52 Å². The van der Waals surface area contributed by atoms with Crippen LogP contribution in [0.5, 0.6) is 0 Å². The lowest BCUT2D eigenvalue weighted by atomic mass is 10.1. The quantitative estimate of drug-likeness (QED) is 0.776. The third kappa shape index (κ3) is 3.05. The molecule has 0 radical (unpaired) electrons. The number of nitrogens with zero attached hydrogens (tertiary/aromatic N) is 3. The van der Waals surface area contributed by atoms with Crippen LogP contribution in [0.1, 0.15) is 35.5 Å². The highest BCUT2D eigenvalue weighted by atomic mass is 16.2. The number of anilines is 1. The summed E-state index contributed by atoms with van der Waals surface area (Å²) >= 11 is 0. The van der Waals surface area contributed by atoms with Crippen molar-refractivity contribution < 1.29 is 4.79 Å². The number of aryl methyl sites for hydroxylation is 4. The van der Waals surface area contributed by atoms with E-state index < -0.39 is 0 Å². The first-order chi connectivity index (χ1) is 13.0. The lowest BCUT2D eigenvalue weighted by molar-refractivity contribution is -0.116. The van der Waals surface area contributed by atoms with Crippen molar-refractivity contribution in [2.24, 2.45) is 0 Å². The fourth-order valence-electron chi connectivity index (χ4n) is 3.93. The molecule has 0 aliphatic carbocycles. The number of carbonyl (C=O) groups is 1. The summed E-state index contributed by atoms with van der Waals surface area (Å²) in [6.07, 6.45) is 2.89. The number of benzene rings is 1. The van der Waals surface area contributed by atoms with E-state index in [9.17, 15) is 9.59 Å². The minimum absolute atomic E-state index is 0.0392. The summed E-state index contributed by atoms with van der Waals surface area (Å²) in [7, 11) is 0. The summed E-state index contributed by atoms with van der Waals surface area (Å²) < 4.78 is 3.56. The van der Waals surface area contributed by atoms with Crippen molar-refractivity contribution in [2.45, 2.75) is 53.1 Å². The Morgan fingerprint density at radius 3 is 2.67 bits per heavy atom. The van der Waals surface area contributed by atoms with Gasteiger partial charge >= 0.3 is 0 Å². The number of hydrogen-bond acceptors (Lipinski definition) is 3. The SMILES string of the molecule is Cc1cccc(C)c1NC(=O)Cn1c(C)cc2nc3n(c(=O)c21)CCCC3. The summed E-state index contributed by atoms with van der Waals surface area (Å²) in [5, 5.41) is 3.00. The lowest BCUT2D eigenvalue weighted by Gasteiger charge is -2.18. The number of fused-ring (bicyclic) bond motifs is 2. The van der Waals surface area contributed by atoms with E-state index in [4.69, 9.17) is 0 Å². The van der Waals surface area contributed by atoms with E-state index in [1.54, 1.807) is 9.13 Å². The molecule has 0 fully saturated rings. The average molecular weight is 364 g/mol. The fraction of sp³-hybridized carbons (Fsp3) is 0.381. The van der Waals surface area contributed by atoms with Crippen LogP contribution in [0.4, 0.5) is 5.69 Å². The Morgan fingerprint density at radius 2 is 1.93 bits per heavy atom. The van der Waals surface area contributed by atoms with Gasteiger partial charge in [0.25, 0.3) is 5.56 Å². The minimum atomic E-state index is -0.143. The summed E-state index contributed by atoms with van der Waals surface area (Å²) in [5.41, 5.74) is 4.92. The molecule has 3 aromatic rings. The molecule has 1 aliphatic heterocycles. The first kappa shape index (κ1) is 17.5. The Kier molecular flexibility index (Phi) is 4.34. The van der Waals surface area contributed by atoms with Crippen molar-refractivity contribution in [1.29, 1.82) is 0 Å². The van der Waals surface area contributed by atoms with Gasteiger partial charge < -0.3 is 9.88 Å². The molecule has 4 rings (SSSR count). The van der Waals surface area contributed by atoms with Crippen LogP contribution in [-0.4, -0.2) is 20.0 Å². The van der Waals surface area contributed by atoms with E-state index in [0.29, 0.717) is 17.6 Å². The van der Waals surface area contributed by atoms with Gasteiger partial charge in [0.15, 0.2) is 0 Å². The van der Waals surface area contributed by atoms with Crippen LogP contribution in [0, 0.1) is 20.8 Å². The van der Waals surface area contributed by atoms with Gasteiger partial charge in [0.1, 0.15) is 17.9 Å². The van der Waals surface area contributed by atoms with Crippen molar-refractivity contribution in [3.8, 4) is 0 Å². The first-order valence-corrected chi connectivity index (χ1v) is 9.41. The molecule has 1 aliphatic rings. The molecule has 0 spiro atoms. The van der Waals surface area contributed by atoms with Crippen molar-refractivity contribution >= 4 is 22.6 Å². The van der Waals surface area contributed by atoms with Crippen molar-refractivity contribution in [2.75, 3.05) is 5.32 Å². The van der Waals surface area contributed by atoms with Crippen LogP contribution < -0.4 is 10.9 Å². The van der Waals surface area contributed by atoms with Gasteiger partial charge in [-0.1, -0.05) is 18.2 Å². The molecular formula is C21H24N4O2. The third-order valence-electron chi connectivity index (χ3n) is 5.37. The second-order valence-corrected chi connectivity index (χ2v) is 7.36. The molecule has 27 heavy (non-hydrogen) atoms. The van der Waals surface area contributed by atoms with Crippen LogP contribution in [0.15, 0.2) is 29.1 Å². The van der Waals surface area contributed by atoms with Gasteiger partial charge in [0, 0.05) is 24.3 Å². The Morgan fingerprint density at radius 1 is 1.19 bits per heavy atom. The first-order valence-electron chi connectivity index (χ1n) is 9.41. The van der Waals surface area contributed by atoms with Gasteiger partial charge in [-0.05, 0) is 50.8 Å². The van der Waals surface area contributed by atoms with Crippen LogP contribution >= 0.6 is 0 Å². The number of para-hydroxylation sites is 1. The number of amides is 1. The highest BCUT2D eigenvalue weighted by Gasteiger charge is 2.20. The maximum Gasteiger partial charge on any atom is 0.278 e. The molecule has 1 N–H and O–H groups in total. The predicted molar refractivity (Wildman–Crippen MR) is 106 cm³/mol. The van der Waals surface area contributed by atoms with Crippen molar-refractivity contribution in [1.82, 2.24) is 14.1 Å². The maximum atomic E-state index is 13.0. The number of nitrogens with one attached hydrogen (secondary N) is 1. The monoisotopic (exact) mass is 364 g/mol. The van der Waals surface area contributed by atoms with E-state index in [1.165, 1.54) is 0 Å². The number of carbonyl (C=O) groups excluding carboxylic acids is 1. The molecule has 0 unspecified atom stereocenters. The molecule has 6 heteroatoms. The zero-order valence-electron chi connectivity index (χ0n) is 16.0.